The monoisotopic (exact) mass is 248 g/mol. The average Bonchev–Trinajstić information content (AvgIpc) is 2.42. The van der Waals surface area contributed by atoms with Gasteiger partial charge >= 0.3 is 0 Å². The van der Waals surface area contributed by atoms with E-state index in [2.05, 4.69) is 6.92 Å². The van der Waals surface area contributed by atoms with Gasteiger partial charge < -0.3 is 9.64 Å². The first kappa shape index (κ1) is 13.4. The minimum absolute atomic E-state index is 0.853. The maximum absolute atomic E-state index is 5.71. The van der Waals surface area contributed by atoms with Gasteiger partial charge in [-0.2, -0.15) is 0 Å². The number of rotatable bonds is 6. The highest BCUT2D eigenvalue weighted by Gasteiger charge is 2.20. The Kier molecular flexibility index (Phi) is 5.53. The summed E-state index contributed by atoms with van der Waals surface area (Å²) in [6, 6.07) is 11.0. The standard InChI is InChI=1S/C16H25NO/c1-15-9-5-6-12-17(15)13-7-8-14-18-16-10-3-2-4-11-16/h2-4,10-11,15H,5-9,12-14H2,1H3/p+1/t15-/m1/s1. The van der Waals surface area contributed by atoms with E-state index in [9.17, 15) is 0 Å². The zero-order valence-corrected chi connectivity index (χ0v) is 11.5. The summed E-state index contributed by atoms with van der Waals surface area (Å²) in [5.74, 6) is 0.996. The minimum Gasteiger partial charge on any atom is -0.494 e. The quantitative estimate of drug-likeness (QED) is 0.763. The molecule has 0 radical (unpaired) electrons. The van der Waals surface area contributed by atoms with Crippen molar-refractivity contribution in [1.29, 1.82) is 0 Å². The number of ether oxygens (including phenoxy) is 1. The highest BCUT2D eigenvalue weighted by molar-refractivity contribution is 5.20. The number of quaternary nitrogens is 1. The summed E-state index contributed by atoms with van der Waals surface area (Å²) < 4.78 is 5.71. The number of piperidine rings is 1. The van der Waals surface area contributed by atoms with Crippen molar-refractivity contribution in [3.05, 3.63) is 30.3 Å². The number of likely N-dealkylation sites (tertiary alicyclic amines) is 1. The number of nitrogens with one attached hydrogen (secondary N) is 1. The number of hydrogen-bond acceptors (Lipinski definition) is 1. The van der Waals surface area contributed by atoms with Crippen LogP contribution in [0.4, 0.5) is 0 Å². The van der Waals surface area contributed by atoms with Crippen molar-refractivity contribution < 1.29 is 9.64 Å². The fraction of sp³-hybridized carbons (Fsp3) is 0.625. The van der Waals surface area contributed by atoms with Crippen LogP contribution in [-0.2, 0) is 0 Å². The summed E-state index contributed by atoms with van der Waals surface area (Å²) in [6.45, 7) is 5.95. The Morgan fingerprint density at radius 1 is 1.17 bits per heavy atom. The molecule has 0 aromatic heterocycles. The van der Waals surface area contributed by atoms with Crippen molar-refractivity contribution in [3.63, 3.8) is 0 Å². The molecule has 0 saturated carbocycles. The summed E-state index contributed by atoms with van der Waals surface area (Å²) in [6.07, 6.45) is 6.72. The van der Waals surface area contributed by atoms with Gasteiger partial charge in [0, 0.05) is 0 Å². The zero-order chi connectivity index (χ0) is 12.6. The molecular formula is C16H26NO+. The van der Waals surface area contributed by atoms with Crippen molar-refractivity contribution in [3.8, 4) is 5.75 Å². The SMILES string of the molecule is C[C@@H]1CCCC[NH+]1CCCCOc1ccccc1. The summed E-state index contributed by atoms with van der Waals surface area (Å²) in [5, 5.41) is 0. The van der Waals surface area contributed by atoms with Crippen LogP contribution in [0.1, 0.15) is 39.0 Å². The topological polar surface area (TPSA) is 13.7 Å². The van der Waals surface area contributed by atoms with E-state index < -0.39 is 0 Å². The van der Waals surface area contributed by atoms with Crippen LogP contribution in [-0.4, -0.2) is 25.7 Å². The Morgan fingerprint density at radius 2 is 2.00 bits per heavy atom. The second-order valence-corrected chi connectivity index (χ2v) is 5.42. The van der Waals surface area contributed by atoms with Gasteiger partial charge in [-0.25, -0.2) is 0 Å². The van der Waals surface area contributed by atoms with Gasteiger partial charge in [0.15, 0.2) is 0 Å². The number of benzene rings is 1. The van der Waals surface area contributed by atoms with Crippen LogP contribution in [0.5, 0.6) is 5.75 Å². The molecule has 0 amide bonds. The molecule has 0 aliphatic carbocycles. The first-order valence-corrected chi connectivity index (χ1v) is 7.38. The molecule has 0 spiro atoms. The van der Waals surface area contributed by atoms with E-state index >= 15 is 0 Å². The maximum Gasteiger partial charge on any atom is 0.119 e. The molecule has 1 aromatic carbocycles. The summed E-state index contributed by atoms with van der Waals surface area (Å²) >= 11 is 0. The molecule has 100 valence electrons. The normalized spacial score (nSPS) is 23.8. The minimum atomic E-state index is 0.853. The average molecular weight is 248 g/mol. The van der Waals surface area contributed by atoms with Gasteiger partial charge in [0.05, 0.1) is 25.7 Å². The Balaban J connectivity index is 1.56. The van der Waals surface area contributed by atoms with Gasteiger partial charge in [0.25, 0.3) is 0 Å². The van der Waals surface area contributed by atoms with Gasteiger partial charge in [0.1, 0.15) is 5.75 Å². The summed E-state index contributed by atoms with van der Waals surface area (Å²) in [4.78, 5) is 1.81. The molecule has 1 aliphatic rings. The van der Waals surface area contributed by atoms with Crippen molar-refractivity contribution in [1.82, 2.24) is 0 Å². The molecule has 2 nitrogen and oxygen atoms in total. The Hall–Kier alpha value is -1.02. The third-order valence-corrected chi connectivity index (χ3v) is 3.99. The lowest BCUT2D eigenvalue weighted by molar-refractivity contribution is -0.928. The highest BCUT2D eigenvalue weighted by atomic mass is 16.5. The van der Waals surface area contributed by atoms with E-state index in [1.54, 1.807) is 4.90 Å². The first-order chi connectivity index (χ1) is 8.86. The van der Waals surface area contributed by atoms with Crippen molar-refractivity contribution >= 4 is 0 Å². The third-order valence-electron chi connectivity index (χ3n) is 3.99. The van der Waals surface area contributed by atoms with Gasteiger partial charge in [-0.3, -0.25) is 0 Å². The highest BCUT2D eigenvalue weighted by Crippen LogP contribution is 2.08. The van der Waals surface area contributed by atoms with E-state index in [0.29, 0.717) is 0 Å². The Morgan fingerprint density at radius 3 is 2.78 bits per heavy atom. The summed E-state index contributed by atoms with van der Waals surface area (Å²) in [5.41, 5.74) is 0. The number of para-hydroxylation sites is 1. The van der Waals surface area contributed by atoms with E-state index in [-0.39, 0.29) is 0 Å². The lowest BCUT2D eigenvalue weighted by Gasteiger charge is -2.30. The van der Waals surface area contributed by atoms with Crippen LogP contribution >= 0.6 is 0 Å². The molecule has 1 aromatic rings. The molecule has 1 saturated heterocycles. The van der Waals surface area contributed by atoms with Crippen molar-refractivity contribution in [2.75, 3.05) is 19.7 Å². The largest absolute Gasteiger partial charge is 0.494 e. The molecule has 1 unspecified atom stereocenters. The van der Waals surface area contributed by atoms with Crippen LogP contribution < -0.4 is 9.64 Å². The van der Waals surface area contributed by atoms with E-state index in [1.807, 2.05) is 30.3 Å². The molecular weight excluding hydrogens is 222 g/mol. The Bertz CT molecular complexity index is 325. The van der Waals surface area contributed by atoms with Crippen molar-refractivity contribution in [2.45, 2.75) is 45.1 Å². The molecule has 2 atom stereocenters. The second kappa shape index (κ2) is 7.42. The predicted octanol–water partition coefficient (Wildman–Crippen LogP) is 2.30. The molecule has 1 N–H and O–H groups in total. The molecule has 1 aliphatic heterocycles. The zero-order valence-electron chi connectivity index (χ0n) is 11.5. The van der Waals surface area contributed by atoms with E-state index in [4.69, 9.17) is 4.74 Å². The lowest BCUT2D eigenvalue weighted by Crippen LogP contribution is -3.16. The molecule has 1 heterocycles. The fourth-order valence-corrected chi connectivity index (χ4v) is 2.79. The molecule has 18 heavy (non-hydrogen) atoms. The van der Waals surface area contributed by atoms with Crippen molar-refractivity contribution in [2.24, 2.45) is 0 Å². The summed E-state index contributed by atoms with van der Waals surface area (Å²) in [7, 11) is 0. The Labute approximate surface area is 111 Å². The van der Waals surface area contributed by atoms with Gasteiger partial charge in [-0.1, -0.05) is 18.2 Å². The van der Waals surface area contributed by atoms with Gasteiger partial charge in [0.2, 0.25) is 0 Å². The second-order valence-electron chi connectivity index (χ2n) is 5.42. The first-order valence-electron chi connectivity index (χ1n) is 7.38. The molecule has 0 bridgehead atoms. The smallest absolute Gasteiger partial charge is 0.119 e. The van der Waals surface area contributed by atoms with Crippen LogP contribution in [0.15, 0.2) is 30.3 Å². The molecule has 1 fully saturated rings. The third kappa shape index (κ3) is 4.34. The van der Waals surface area contributed by atoms with Gasteiger partial charge in [-0.15, -0.1) is 0 Å². The van der Waals surface area contributed by atoms with Crippen LogP contribution in [0.25, 0.3) is 0 Å². The molecule has 2 heteroatoms. The number of unbranched alkanes of at least 4 members (excludes halogenated alkanes) is 1. The van der Waals surface area contributed by atoms with Crippen LogP contribution in [0.3, 0.4) is 0 Å². The van der Waals surface area contributed by atoms with Crippen LogP contribution in [0, 0.1) is 0 Å². The van der Waals surface area contributed by atoms with E-state index in [0.717, 1.165) is 18.4 Å². The van der Waals surface area contributed by atoms with Crippen LogP contribution in [0.2, 0.25) is 0 Å². The van der Waals surface area contributed by atoms with E-state index in [1.165, 1.54) is 45.2 Å². The van der Waals surface area contributed by atoms with Gasteiger partial charge in [-0.05, 0) is 51.2 Å². The maximum atomic E-state index is 5.71. The predicted molar refractivity (Wildman–Crippen MR) is 75.2 cm³/mol. The number of hydrogen-bond donors (Lipinski definition) is 1. The lowest BCUT2D eigenvalue weighted by atomic mass is 10.0. The fourth-order valence-electron chi connectivity index (χ4n) is 2.79. The molecule has 2 rings (SSSR count).